The fourth-order valence-electron chi connectivity index (χ4n) is 1.10. The molecule has 1 aliphatic carbocycles. The number of carbonyl (C=O) groups is 1. The molecule has 1 fully saturated rings. The first-order chi connectivity index (χ1) is 5.16. The Kier molecular flexibility index (Phi) is 2.46. The van der Waals surface area contributed by atoms with Crippen LogP contribution in [0.4, 0.5) is 0 Å². The monoisotopic (exact) mass is 158 g/mol. The summed E-state index contributed by atoms with van der Waals surface area (Å²) in [4.78, 5) is 10.7. The topological polar surface area (TPSA) is 75.4 Å². The van der Waals surface area contributed by atoms with Gasteiger partial charge >= 0.3 is 0 Å². The van der Waals surface area contributed by atoms with Crippen LogP contribution in [0.3, 0.4) is 0 Å². The van der Waals surface area contributed by atoms with Crippen LogP contribution in [0.5, 0.6) is 0 Å². The number of aliphatic hydroxyl groups is 1. The van der Waals surface area contributed by atoms with Crippen molar-refractivity contribution in [3.05, 3.63) is 0 Å². The Morgan fingerprint density at radius 1 is 1.64 bits per heavy atom. The van der Waals surface area contributed by atoms with Crippen molar-refractivity contribution in [2.75, 3.05) is 13.1 Å². The van der Waals surface area contributed by atoms with E-state index in [-0.39, 0.29) is 12.5 Å². The SMILES string of the molecule is NCC(=O)NCC1(O)CCC1. The largest absolute Gasteiger partial charge is 0.388 e. The average molecular weight is 158 g/mol. The molecule has 0 spiro atoms. The van der Waals surface area contributed by atoms with E-state index in [2.05, 4.69) is 5.32 Å². The zero-order chi connectivity index (χ0) is 8.32. The molecule has 4 nitrogen and oxygen atoms in total. The fourth-order valence-corrected chi connectivity index (χ4v) is 1.10. The molecule has 0 radical (unpaired) electrons. The second-order valence-electron chi connectivity index (χ2n) is 3.06. The summed E-state index contributed by atoms with van der Waals surface area (Å²) in [5.74, 6) is -0.203. The van der Waals surface area contributed by atoms with Crippen LogP contribution in [0, 0.1) is 0 Å². The van der Waals surface area contributed by atoms with Crippen molar-refractivity contribution in [2.24, 2.45) is 5.73 Å². The van der Waals surface area contributed by atoms with Crippen LogP contribution in [0.1, 0.15) is 19.3 Å². The molecule has 0 bridgehead atoms. The number of hydrogen-bond acceptors (Lipinski definition) is 3. The van der Waals surface area contributed by atoms with Gasteiger partial charge in [-0.25, -0.2) is 0 Å². The standard InChI is InChI=1S/C7H14N2O2/c8-4-6(10)9-5-7(11)2-1-3-7/h11H,1-5,8H2,(H,9,10). The first-order valence-electron chi connectivity index (χ1n) is 3.85. The van der Waals surface area contributed by atoms with Gasteiger partial charge in [-0.1, -0.05) is 0 Å². The van der Waals surface area contributed by atoms with Crippen molar-refractivity contribution >= 4 is 5.91 Å². The molecule has 0 aromatic heterocycles. The zero-order valence-corrected chi connectivity index (χ0v) is 6.47. The molecule has 0 aromatic carbocycles. The number of nitrogens with two attached hydrogens (primary N) is 1. The third kappa shape index (κ3) is 2.17. The lowest BCUT2D eigenvalue weighted by atomic mass is 9.80. The maximum Gasteiger partial charge on any atom is 0.233 e. The Morgan fingerprint density at radius 3 is 2.64 bits per heavy atom. The van der Waals surface area contributed by atoms with Crippen LogP contribution in [-0.4, -0.2) is 29.7 Å². The van der Waals surface area contributed by atoms with Crippen molar-refractivity contribution in [1.82, 2.24) is 5.32 Å². The molecule has 0 unspecified atom stereocenters. The minimum Gasteiger partial charge on any atom is -0.388 e. The van der Waals surface area contributed by atoms with Gasteiger partial charge in [0.1, 0.15) is 0 Å². The molecule has 0 atom stereocenters. The van der Waals surface area contributed by atoms with Crippen molar-refractivity contribution in [2.45, 2.75) is 24.9 Å². The smallest absolute Gasteiger partial charge is 0.233 e. The summed E-state index contributed by atoms with van der Waals surface area (Å²) in [6, 6.07) is 0. The highest BCUT2D eigenvalue weighted by Gasteiger charge is 2.34. The number of rotatable bonds is 3. The lowest BCUT2D eigenvalue weighted by Gasteiger charge is -2.36. The Morgan fingerprint density at radius 2 is 2.27 bits per heavy atom. The van der Waals surface area contributed by atoms with Crippen LogP contribution in [0.2, 0.25) is 0 Å². The van der Waals surface area contributed by atoms with Gasteiger partial charge < -0.3 is 16.2 Å². The van der Waals surface area contributed by atoms with E-state index in [1.54, 1.807) is 0 Å². The lowest BCUT2D eigenvalue weighted by Crippen LogP contribution is -2.48. The van der Waals surface area contributed by atoms with Crippen molar-refractivity contribution in [3.8, 4) is 0 Å². The molecular weight excluding hydrogens is 144 g/mol. The number of nitrogens with one attached hydrogen (secondary N) is 1. The lowest BCUT2D eigenvalue weighted by molar-refractivity contribution is -0.122. The maximum absolute atomic E-state index is 10.7. The molecule has 4 N–H and O–H groups in total. The Hall–Kier alpha value is -0.610. The molecule has 1 aliphatic rings. The van der Waals surface area contributed by atoms with E-state index in [4.69, 9.17) is 5.73 Å². The highest BCUT2D eigenvalue weighted by atomic mass is 16.3. The summed E-state index contributed by atoms with van der Waals surface area (Å²) in [6.07, 6.45) is 2.63. The van der Waals surface area contributed by atoms with E-state index in [1.165, 1.54) is 0 Å². The minimum absolute atomic E-state index is 0.00389. The molecule has 0 aromatic rings. The second-order valence-corrected chi connectivity index (χ2v) is 3.06. The third-order valence-electron chi connectivity index (χ3n) is 2.08. The Labute approximate surface area is 65.8 Å². The van der Waals surface area contributed by atoms with Crippen molar-refractivity contribution in [1.29, 1.82) is 0 Å². The summed E-state index contributed by atoms with van der Waals surface area (Å²) < 4.78 is 0. The van der Waals surface area contributed by atoms with Crippen molar-refractivity contribution in [3.63, 3.8) is 0 Å². The molecular formula is C7H14N2O2. The normalized spacial score (nSPS) is 20.5. The quantitative estimate of drug-likeness (QED) is 0.492. The van der Waals surface area contributed by atoms with Gasteiger partial charge in [-0.3, -0.25) is 4.79 Å². The summed E-state index contributed by atoms with van der Waals surface area (Å²) in [7, 11) is 0. The van der Waals surface area contributed by atoms with Gasteiger partial charge in [-0.15, -0.1) is 0 Å². The fraction of sp³-hybridized carbons (Fsp3) is 0.857. The first-order valence-corrected chi connectivity index (χ1v) is 3.85. The molecule has 4 heteroatoms. The summed E-state index contributed by atoms with van der Waals surface area (Å²) in [6.45, 7) is 0.346. The van der Waals surface area contributed by atoms with Gasteiger partial charge in [-0.2, -0.15) is 0 Å². The average Bonchev–Trinajstić information content (AvgIpc) is 1.96. The Bertz CT molecular complexity index is 155. The minimum atomic E-state index is -0.634. The molecule has 0 saturated heterocycles. The molecule has 0 aliphatic heterocycles. The van der Waals surface area contributed by atoms with E-state index in [9.17, 15) is 9.90 Å². The van der Waals surface area contributed by atoms with Gasteiger partial charge in [0, 0.05) is 6.54 Å². The summed E-state index contributed by atoms with van der Waals surface area (Å²) in [5.41, 5.74) is 4.43. The molecule has 1 amide bonds. The first kappa shape index (κ1) is 8.49. The summed E-state index contributed by atoms with van der Waals surface area (Å²) in [5, 5.41) is 12.1. The maximum atomic E-state index is 10.7. The van der Waals surface area contributed by atoms with Crippen LogP contribution >= 0.6 is 0 Å². The zero-order valence-electron chi connectivity index (χ0n) is 6.47. The molecule has 1 saturated carbocycles. The van der Waals surface area contributed by atoms with Crippen LogP contribution in [-0.2, 0) is 4.79 Å². The number of carbonyl (C=O) groups excluding carboxylic acids is 1. The van der Waals surface area contributed by atoms with Crippen molar-refractivity contribution < 1.29 is 9.90 Å². The predicted octanol–water partition coefficient (Wildman–Crippen LogP) is -1.02. The van der Waals surface area contributed by atoms with Gasteiger partial charge in [0.2, 0.25) is 5.91 Å². The predicted molar refractivity (Wildman–Crippen MR) is 40.9 cm³/mol. The van der Waals surface area contributed by atoms with Crippen LogP contribution in [0.15, 0.2) is 0 Å². The van der Waals surface area contributed by atoms with Gasteiger partial charge in [0.25, 0.3) is 0 Å². The highest BCUT2D eigenvalue weighted by molar-refractivity contribution is 5.77. The summed E-state index contributed by atoms with van der Waals surface area (Å²) >= 11 is 0. The van der Waals surface area contributed by atoms with Gasteiger partial charge in [0.15, 0.2) is 0 Å². The van der Waals surface area contributed by atoms with E-state index >= 15 is 0 Å². The molecule has 64 valence electrons. The number of hydrogen-bond donors (Lipinski definition) is 3. The molecule has 1 rings (SSSR count). The van der Waals surface area contributed by atoms with E-state index < -0.39 is 5.60 Å². The van der Waals surface area contributed by atoms with Gasteiger partial charge in [0.05, 0.1) is 12.1 Å². The van der Waals surface area contributed by atoms with E-state index in [1.807, 2.05) is 0 Å². The van der Waals surface area contributed by atoms with Crippen LogP contribution < -0.4 is 11.1 Å². The second kappa shape index (κ2) is 3.19. The number of amides is 1. The third-order valence-corrected chi connectivity index (χ3v) is 2.08. The van der Waals surface area contributed by atoms with E-state index in [0.717, 1.165) is 19.3 Å². The van der Waals surface area contributed by atoms with E-state index in [0.29, 0.717) is 6.54 Å². The Balaban J connectivity index is 2.16. The van der Waals surface area contributed by atoms with Gasteiger partial charge in [-0.05, 0) is 19.3 Å². The van der Waals surface area contributed by atoms with Crippen LogP contribution in [0.25, 0.3) is 0 Å². The molecule has 0 heterocycles. The highest BCUT2D eigenvalue weighted by Crippen LogP contribution is 2.30. The molecule has 11 heavy (non-hydrogen) atoms.